The number of nitrogens with one attached hydrogen (secondary N) is 1. The molecule has 1 heterocycles. The SMILES string of the molecule is CCCCOc1ncccc1CNC(=O)c1cccc(OCC(=O)N(C)C)c1. The number of likely N-dealkylation sites (N-methyl/N-ethyl adjacent to an activating group) is 1. The molecular formula is C21H27N3O4. The van der Waals surface area contributed by atoms with Crippen molar-refractivity contribution in [2.75, 3.05) is 27.3 Å². The molecule has 28 heavy (non-hydrogen) atoms. The van der Waals surface area contributed by atoms with Gasteiger partial charge in [0.2, 0.25) is 5.88 Å². The lowest BCUT2D eigenvalue weighted by Gasteiger charge is -2.12. The Labute approximate surface area is 165 Å². The molecule has 0 saturated carbocycles. The summed E-state index contributed by atoms with van der Waals surface area (Å²) >= 11 is 0. The van der Waals surface area contributed by atoms with Crippen molar-refractivity contribution in [2.45, 2.75) is 26.3 Å². The molecule has 2 rings (SSSR count). The fourth-order valence-electron chi connectivity index (χ4n) is 2.28. The average Bonchev–Trinajstić information content (AvgIpc) is 2.71. The van der Waals surface area contributed by atoms with Crippen molar-refractivity contribution in [3.63, 3.8) is 0 Å². The zero-order valence-electron chi connectivity index (χ0n) is 16.6. The van der Waals surface area contributed by atoms with Crippen LogP contribution in [0.4, 0.5) is 0 Å². The highest BCUT2D eigenvalue weighted by Crippen LogP contribution is 2.16. The Hall–Kier alpha value is -3.09. The molecule has 150 valence electrons. The van der Waals surface area contributed by atoms with Gasteiger partial charge < -0.3 is 19.7 Å². The Kier molecular flexibility index (Phi) is 8.27. The van der Waals surface area contributed by atoms with Gasteiger partial charge in [0, 0.05) is 38.0 Å². The highest BCUT2D eigenvalue weighted by Gasteiger charge is 2.11. The first kappa shape index (κ1) is 21.2. The molecule has 1 N–H and O–H groups in total. The molecule has 0 atom stereocenters. The van der Waals surface area contributed by atoms with Gasteiger partial charge >= 0.3 is 0 Å². The normalized spacial score (nSPS) is 10.2. The number of carbonyl (C=O) groups excluding carboxylic acids is 2. The topological polar surface area (TPSA) is 80.8 Å². The van der Waals surface area contributed by atoms with Crippen LogP contribution in [0.2, 0.25) is 0 Å². The van der Waals surface area contributed by atoms with E-state index in [1.807, 2.05) is 12.1 Å². The van der Waals surface area contributed by atoms with Gasteiger partial charge in [0.05, 0.1) is 6.61 Å². The van der Waals surface area contributed by atoms with Gasteiger partial charge in [-0.15, -0.1) is 0 Å². The number of benzene rings is 1. The largest absolute Gasteiger partial charge is 0.484 e. The maximum absolute atomic E-state index is 12.5. The molecule has 7 nitrogen and oxygen atoms in total. The number of pyridine rings is 1. The van der Waals surface area contributed by atoms with E-state index in [9.17, 15) is 9.59 Å². The number of carbonyl (C=O) groups is 2. The number of ether oxygens (including phenoxy) is 2. The van der Waals surface area contributed by atoms with Crippen molar-refractivity contribution >= 4 is 11.8 Å². The molecule has 1 aromatic heterocycles. The van der Waals surface area contributed by atoms with Crippen LogP contribution in [0.15, 0.2) is 42.6 Å². The number of amides is 2. The van der Waals surface area contributed by atoms with Gasteiger partial charge in [-0.2, -0.15) is 0 Å². The molecule has 2 amide bonds. The minimum Gasteiger partial charge on any atom is -0.484 e. The summed E-state index contributed by atoms with van der Waals surface area (Å²) in [5, 5.41) is 2.87. The van der Waals surface area contributed by atoms with Crippen LogP contribution in [0.5, 0.6) is 11.6 Å². The zero-order valence-corrected chi connectivity index (χ0v) is 16.6. The van der Waals surface area contributed by atoms with Crippen LogP contribution < -0.4 is 14.8 Å². The van der Waals surface area contributed by atoms with Crippen LogP contribution in [-0.4, -0.2) is 49.0 Å². The van der Waals surface area contributed by atoms with E-state index in [2.05, 4.69) is 17.2 Å². The summed E-state index contributed by atoms with van der Waals surface area (Å²) in [6, 6.07) is 10.4. The molecule has 0 bridgehead atoms. The average molecular weight is 385 g/mol. The lowest BCUT2D eigenvalue weighted by molar-refractivity contribution is -0.130. The summed E-state index contributed by atoms with van der Waals surface area (Å²) in [5.74, 6) is 0.609. The van der Waals surface area contributed by atoms with E-state index in [0.717, 1.165) is 18.4 Å². The van der Waals surface area contributed by atoms with Crippen molar-refractivity contribution < 1.29 is 19.1 Å². The fraction of sp³-hybridized carbons (Fsp3) is 0.381. The minimum absolute atomic E-state index is 0.0772. The molecule has 0 saturated heterocycles. The smallest absolute Gasteiger partial charge is 0.259 e. The number of unbranched alkanes of at least 4 members (excludes halogenated alkanes) is 1. The monoisotopic (exact) mass is 385 g/mol. The standard InChI is InChI=1S/C21H27N3O4/c1-4-5-12-27-21-17(9-7-11-22-21)14-23-20(26)16-8-6-10-18(13-16)28-15-19(25)24(2)3/h6-11,13H,4-5,12,14-15H2,1-3H3,(H,23,26). The van der Waals surface area contributed by atoms with Gasteiger partial charge in [-0.3, -0.25) is 9.59 Å². The lowest BCUT2D eigenvalue weighted by Crippen LogP contribution is -2.27. The Bertz CT molecular complexity index is 793. The van der Waals surface area contributed by atoms with Crippen LogP contribution in [0.3, 0.4) is 0 Å². The summed E-state index contributed by atoms with van der Waals surface area (Å²) in [5.41, 5.74) is 1.27. The second-order valence-electron chi connectivity index (χ2n) is 6.46. The third kappa shape index (κ3) is 6.57. The van der Waals surface area contributed by atoms with Gasteiger partial charge in [-0.25, -0.2) is 4.98 Å². The molecule has 2 aromatic rings. The van der Waals surface area contributed by atoms with E-state index < -0.39 is 0 Å². The van der Waals surface area contributed by atoms with Gasteiger partial charge in [0.15, 0.2) is 6.61 Å². The number of hydrogen-bond acceptors (Lipinski definition) is 5. The van der Waals surface area contributed by atoms with E-state index in [4.69, 9.17) is 9.47 Å². The van der Waals surface area contributed by atoms with Crippen LogP contribution in [0, 0.1) is 0 Å². The quantitative estimate of drug-likeness (QED) is 0.636. The first-order valence-electron chi connectivity index (χ1n) is 9.29. The van der Waals surface area contributed by atoms with Crippen molar-refractivity contribution in [3.05, 3.63) is 53.7 Å². The molecule has 0 radical (unpaired) electrons. The second-order valence-corrected chi connectivity index (χ2v) is 6.46. The number of aromatic nitrogens is 1. The number of nitrogens with zero attached hydrogens (tertiary/aromatic N) is 2. The van der Waals surface area contributed by atoms with Gasteiger partial charge in [0.25, 0.3) is 11.8 Å². The Morgan fingerprint density at radius 2 is 1.96 bits per heavy atom. The predicted octanol–water partition coefficient (Wildman–Crippen LogP) is 2.66. The van der Waals surface area contributed by atoms with Gasteiger partial charge in [0.1, 0.15) is 5.75 Å². The van der Waals surface area contributed by atoms with Crippen molar-refractivity contribution in [1.29, 1.82) is 0 Å². The molecule has 7 heteroatoms. The van der Waals surface area contributed by atoms with E-state index in [-0.39, 0.29) is 18.4 Å². The van der Waals surface area contributed by atoms with E-state index >= 15 is 0 Å². The van der Waals surface area contributed by atoms with Crippen LogP contribution >= 0.6 is 0 Å². The highest BCUT2D eigenvalue weighted by molar-refractivity contribution is 5.94. The summed E-state index contributed by atoms with van der Waals surface area (Å²) in [6.07, 6.45) is 3.66. The predicted molar refractivity (Wildman–Crippen MR) is 106 cm³/mol. The van der Waals surface area contributed by atoms with Gasteiger partial charge in [-0.05, 0) is 30.7 Å². The Balaban J connectivity index is 1.95. The first-order valence-corrected chi connectivity index (χ1v) is 9.29. The summed E-state index contributed by atoms with van der Waals surface area (Å²) in [4.78, 5) is 29.8. The lowest BCUT2D eigenvalue weighted by atomic mass is 10.2. The third-order valence-corrected chi connectivity index (χ3v) is 3.98. The van der Waals surface area contributed by atoms with Crippen molar-refractivity contribution in [3.8, 4) is 11.6 Å². The molecule has 0 aliphatic heterocycles. The van der Waals surface area contributed by atoms with Crippen molar-refractivity contribution in [1.82, 2.24) is 15.2 Å². The Morgan fingerprint density at radius 3 is 2.71 bits per heavy atom. The molecular weight excluding hydrogens is 358 g/mol. The van der Waals surface area contributed by atoms with E-state index in [1.165, 1.54) is 4.90 Å². The summed E-state index contributed by atoms with van der Waals surface area (Å²) in [6.45, 7) is 2.92. The maximum Gasteiger partial charge on any atom is 0.259 e. The summed E-state index contributed by atoms with van der Waals surface area (Å²) in [7, 11) is 3.32. The number of hydrogen-bond donors (Lipinski definition) is 1. The molecule has 0 unspecified atom stereocenters. The molecule has 0 aliphatic carbocycles. The van der Waals surface area contributed by atoms with Crippen LogP contribution in [0.25, 0.3) is 0 Å². The zero-order chi connectivity index (χ0) is 20.4. The molecule has 0 fully saturated rings. The first-order chi connectivity index (χ1) is 13.5. The van der Waals surface area contributed by atoms with E-state index in [1.54, 1.807) is 44.6 Å². The number of rotatable bonds is 10. The Morgan fingerprint density at radius 1 is 1.14 bits per heavy atom. The summed E-state index contributed by atoms with van der Waals surface area (Å²) < 4.78 is 11.1. The van der Waals surface area contributed by atoms with E-state index in [0.29, 0.717) is 30.3 Å². The third-order valence-electron chi connectivity index (χ3n) is 3.98. The second kappa shape index (κ2) is 10.9. The highest BCUT2D eigenvalue weighted by atomic mass is 16.5. The fourth-order valence-corrected chi connectivity index (χ4v) is 2.28. The molecule has 1 aromatic carbocycles. The van der Waals surface area contributed by atoms with Crippen LogP contribution in [0.1, 0.15) is 35.7 Å². The van der Waals surface area contributed by atoms with Crippen molar-refractivity contribution in [2.24, 2.45) is 0 Å². The van der Waals surface area contributed by atoms with Gasteiger partial charge in [-0.1, -0.05) is 25.5 Å². The minimum atomic E-state index is -0.243. The maximum atomic E-state index is 12.5. The molecule has 0 aliphatic rings. The van der Waals surface area contributed by atoms with Crippen LogP contribution in [-0.2, 0) is 11.3 Å². The molecule has 0 spiro atoms.